The molecular weight excluding hydrogens is 320 g/mol. The van der Waals surface area contributed by atoms with E-state index in [4.69, 9.17) is 13.3 Å². The lowest BCUT2D eigenvalue weighted by molar-refractivity contribution is 0.0859. The molecule has 0 saturated heterocycles. The number of hydrogen-bond donors (Lipinski definition) is 0. The van der Waals surface area contributed by atoms with Crippen LogP contribution in [0.2, 0.25) is 0 Å². The average molecular weight is 344 g/mol. The fourth-order valence-electron chi connectivity index (χ4n) is 2.55. The van der Waals surface area contributed by atoms with Crippen molar-refractivity contribution in [3.63, 3.8) is 0 Å². The molecule has 0 fully saturated rings. The molecule has 0 aliphatic rings. The first-order valence-corrected chi connectivity index (χ1v) is 10.0. The second-order valence-electron chi connectivity index (χ2n) is 5.13. The van der Waals surface area contributed by atoms with Crippen LogP contribution < -0.4 is 5.19 Å². The van der Waals surface area contributed by atoms with Crippen LogP contribution in [0.5, 0.6) is 0 Å². The monoisotopic (exact) mass is 344 g/mol. The van der Waals surface area contributed by atoms with Gasteiger partial charge in [0.15, 0.2) is 5.78 Å². The molecule has 128 valence electrons. The highest BCUT2D eigenvalue weighted by atomic mass is 28.4. The van der Waals surface area contributed by atoms with E-state index in [1.54, 1.807) is 0 Å². The maximum absolute atomic E-state index is 12.7. The molecule has 0 aliphatic heterocycles. The molecule has 0 saturated carbocycles. The predicted molar refractivity (Wildman–Crippen MR) is 96.6 cm³/mol. The highest BCUT2D eigenvalue weighted by Gasteiger charge is 2.43. The molecule has 0 amide bonds. The van der Waals surface area contributed by atoms with E-state index in [0.717, 1.165) is 5.19 Å². The SMILES string of the molecule is CCO[Si](OCC)(OCC)c1cccc(C(=O)c2ccccc2)c1. The standard InChI is InChI=1S/C19H24O4Si/c1-4-21-24(22-5-2,23-6-3)18-14-10-13-17(15-18)19(20)16-11-8-7-9-12-16/h7-15H,4-6H2,1-3H3. The normalized spacial score (nSPS) is 11.5. The summed E-state index contributed by atoms with van der Waals surface area (Å²) in [5.74, 6) is -0.0233. The van der Waals surface area contributed by atoms with Gasteiger partial charge in [0.05, 0.1) is 0 Å². The van der Waals surface area contributed by atoms with Gasteiger partial charge in [-0.25, -0.2) is 0 Å². The van der Waals surface area contributed by atoms with Gasteiger partial charge in [0.1, 0.15) is 0 Å². The van der Waals surface area contributed by atoms with Crippen LogP contribution in [0.3, 0.4) is 0 Å². The summed E-state index contributed by atoms with van der Waals surface area (Å²) in [7, 11) is -3.00. The van der Waals surface area contributed by atoms with E-state index in [1.807, 2.05) is 75.4 Å². The van der Waals surface area contributed by atoms with Crippen molar-refractivity contribution in [3.8, 4) is 0 Å². The fraction of sp³-hybridized carbons (Fsp3) is 0.316. The van der Waals surface area contributed by atoms with Gasteiger partial charge in [-0.15, -0.1) is 0 Å². The van der Waals surface area contributed by atoms with E-state index in [0.29, 0.717) is 30.9 Å². The maximum atomic E-state index is 12.7. The summed E-state index contributed by atoms with van der Waals surface area (Å²) in [4.78, 5) is 12.7. The molecule has 0 bridgehead atoms. The zero-order valence-electron chi connectivity index (χ0n) is 14.5. The number of rotatable bonds is 9. The van der Waals surface area contributed by atoms with E-state index in [9.17, 15) is 4.79 Å². The third kappa shape index (κ3) is 4.18. The Balaban J connectivity index is 2.41. The molecule has 2 aromatic carbocycles. The highest BCUT2D eigenvalue weighted by molar-refractivity contribution is 6.75. The van der Waals surface area contributed by atoms with Crippen LogP contribution >= 0.6 is 0 Å². The van der Waals surface area contributed by atoms with Gasteiger partial charge in [0.25, 0.3) is 0 Å². The molecule has 0 N–H and O–H groups in total. The summed E-state index contributed by atoms with van der Waals surface area (Å²) in [5, 5.41) is 0.815. The Morgan fingerprint density at radius 3 is 1.88 bits per heavy atom. The number of ketones is 1. The molecular formula is C19H24O4Si. The van der Waals surface area contributed by atoms with Crippen molar-refractivity contribution in [1.82, 2.24) is 0 Å². The quantitative estimate of drug-likeness (QED) is 0.518. The Kier molecular flexibility index (Phi) is 6.87. The minimum Gasteiger partial charge on any atom is -0.370 e. The van der Waals surface area contributed by atoms with Crippen molar-refractivity contribution in [3.05, 3.63) is 65.7 Å². The van der Waals surface area contributed by atoms with Crippen molar-refractivity contribution >= 4 is 19.8 Å². The number of benzene rings is 2. The average Bonchev–Trinajstić information content (AvgIpc) is 2.62. The third-order valence-electron chi connectivity index (χ3n) is 3.52. The van der Waals surface area contributed by atoms with Crippen LogP contribution in [-0.2, 0) is 13.3 Å². The van der Waals surface area contributed by atoms with Gasteiger partial charge in [-0.3, -0.25) is 4.79 Å². The van der Waals surface area contributed by atoms with E-state index in [-0.39, 0.29) is 5.78 Å². The molecule has 0 heterocycles. The number of carbonyl (C=O) groups excluding carboxylic acids is 1. The van der Waals surface area contributed by atoms with Crippen molar-refractivity contribution in [2.45, 2.75) is 20.8 Å². The predicted octanol–water partition coefficient (Wildman–Crippen LogP) is 3.17. The molecule has 2 aromatic rings. The van der Waals surface area contributed by atoms with E-state index in [2.05, 4.69) is 0 Å². The van der Waals surface area contributed by atoms with Crippen molar-refractivity contribution in [2.75, 3.05) is 19.8 Å². The zero-order chi connectivity index (χ0) is 17.4. The van der Waals surface area contributed by atoms with E-state index >= 15 is 0 Å². The molecule has 0 unspecified atom stereocenters. The summed E-state index contributed by atoms with van der Waals surface area (Å²) in [6, 6.07) is 16.6. The van der Waals surface area contributed by atoms with Gasteiger partial charge < -0.3 is 13.3 Å². The zero-order valence-corrected chi connectivity index (χ0v) is 15.5. The number of hydrogen-bond acceptors (Lipinski definition) is 4. The molecule has 0 radical (unpaired) electrons. The first-order chi connectivity index (χ1) is 11.7. The lowest BCUT2D eigenvalue weighted by Crippen LogP contribution is -2.57. The number of carbonyl (C=O) groups is 1. The summed E-state index contributed by atoms with van der Waals surface area (Å²) < 4.78 is 17.8. The smallest absolute Gasteiger partial charge is 0.370 e. The molecule has 0 aliphatic carbocycles. The molecule has 4 nitrogen and oxygen atoms in total. The van der Waals surface area contributed by atoms with Crippen LogP contribution in [0.15, 0.2) is 54.6 Å². The van der Waals surface area contributed by atoms with Crippen LogP contribution in [0.4, 0.5) is 0 Å². The maximum Gasteiger partial charge on any atom is 0.537 e. The van der Waals surface area contributed by atoms with Crippen molar-refractivity contribution in [2.24, 2.45) is 0 Å². The molecule has 0 aromatic heterocycles. The Morgan fingerprint density at radius 2 is 1.33 bits per heavy atom. The summed E-state index contributed by atoms with van der Waals surface area (Å²) in [5.41, 5.74) is 1.26. The van der Waals surface area contributed by atoms with Gasteiger partial charge in [-0.2, -0.15) is 0 Å². The minimum atomic E-state index is -3.00. The van der Waals surface area contributed by atoms with Crippen LogP contribution in [0.25, 0.3) is 0 Å². The van der Waals surface area contributed by atoms with E-state index in [1.165, 1.54) is 0 Å². The lowest BCUT2D eigenvalue weighted by Gasteiger charge is -2.28. The fourth-order valence-corrected chi connectivity index (χ4v) is 5.07. The molecule has 24 heavy (non-hydrogen) atoms. The van der Waals surface area contributed by atoms with Gasteiger partial charge in [-0.05, 0) is 26.8 Å². The molecule has 0 spiro atoms. The Hall–Kier alpha value is -1.79. The van der Waals surface area contributed by atoms with Gasteiger partial charge in [0, 0.05) is 36.1 Å². The van der Waals surface area contributed by atoms with Crippen LogP contribution in [-0.4, -0.2) is 34.4 Å². The second kappa shape index (κ2) is 8.89. The largest absolute Gasteiger partial charge is 0.537 e. The molecule has 2 rings (SSSR count). The van der Waals surface area contributed by atoms with Gasteiger partial charge >= 0.3 is 8.80 Å². The Morgan fingerprint density at radius 1 is 0.792 bits per heavy atom. The summed E-state index contributed by atoms with van der Waals surface area (Å²) >= 11 is 0. The molecule has 0 atom stereocenters. The topological polar surface area (TPSA) is 44.8 Å². The summed E-state index contributed by atoms with van der Waals surface area (Å²) in [6.45, 7) is 7.21. The van der Waals surface area contributed by atoms with Crippen LogP contribution in [0.1, 0.15) is 36.7 Å². The van der Waals surface area contributed by atoms with Gasteiger partial charge in [-0.1, -0.05) is 48.5 Å². The van der Waals surface area contributed by atoms with Crippen LogP contribution in [0, 0.1) is 0 Å². The first-order valence-electron chi connectivity index (χ1n) is 8.29. The Bertz CT molecular complexity index is 640. The minimum absolute atomic E-state index is 0.0233. The van der Waals surface area contributed by atoms with Gasteiger partial charge in [0.2, 0.25) is 0 Å². The third-order valence-corrected chi connectivity index (χ3v) is 6.54. The Labute approximate surface area is 144 Å². The second-order valence-corrected chi connectivity index (χ2v) is 7.69. The summed E-state index contributed by atoms with van der Waals surface area (Å²) in [6.07, 6.45) is 0. The first kappa shape index (κ1) is 18.5. The highest BCUT2D eigenvalue weighted by Crippen LogP contribution is 2.14. The molecule has 5 heteroatoms. The lowest BCUT2D eigenvalue weighted by atomic mass is 10.0. The van der Waals surface area contributed by atoms with E-state index < -0.39 is 8.80 Å². The van der Waals surface area contributed by atoms with Crippen molar-refractivity contribution in [1.29, 1.82) is 0 Å². The van der Waals surface area contributed by atoms with Crippen molar-refractivity contribution < 1.29 is 18.1 Å².